The van der Waals surface area contributed by atoms with Crippen molar-refractivity contribution in [3.63, 3.8) is 0 Å². The zero-order chi connectivity index (χ0) is 27.3. The molecule has 0 unspecified atom stereocenters. The Kier molecular flexibility index (Phi) is 9.12. The van der Waals surface area contributed by atoms with Gasteiger partial charge in [0.1, 0.15) is 6.04 Å². The Morgan fingerprint density at radius 2 is 1.50 bits per heavy atom. The van der Waals surface area contributed by atoms with Gasteiger partial charge in [-0.25, -0.2) is 16.8 Å². The molecule has 2 saturated heterocycles. The van der Waals surface area contributed by atoms with E-state index in [0.29, 0.717) is 50.4 Å². The van der Waals surface area contributed by atoms with E-state index in [1.807, 2.05) is 18.7 Å². The summed E-state index contributed by atoms with van der Waals surface area (Å²) in [5, 5.41) is 2.93. The lowest BCUT2D eigenvalue weighted by Crippen LogP contribution is -2.49. The Bertz CT molecular complexity index is 1320. The number of amides is 1. The second-order valence-electron chi connectivity index (χ2n) is 9.75. The first-order chi connectivity index (χ1) is 18.2. The summed E-state index contributed by atoms with van der Waals surface area (Å²) in [5.41, 5.74) is 1.08. The highest BCUT2D eigenvalue weighted by Crippen LogP contribution is 2.33. The van der Waals surface area contributed by atoms with Crippen molar-refractivity contribution in [1.82, 2.24) is 8.61 Å². The minimum absolute atomic E-state index is 0.128. The van der Waals surface area contributed by atoms with E-state index in [1.54, 1.807) is 30.3 Å². The van der Waals surface area contributed by atoms with E-state index in [9.17, 15) is 21.6 Å². The molecule has 0 aromatic heterocycles. The van der Waals surface area contributed by atoms with Gasteiger partial charge in [-0.2, -0.15) is 8.61 Å². The van der Waals surface area contributed by atoms with Crippen LogP contribution in [0, 0.1) is 0 Å². The van der Waals surface area contributed by atoms with Gasteiger partial charge < -0.3 is 10.2 Å². The SMILES string of the molecule is CCN(CC)c1ccc(S(=O)(=O)N2CCCCC2)cc1NC(=O)[C@@H]1CCCCN1S(=O)(=O)c1ccccc1. The third-order valence-corrected chi connectivity index (χ3v) is 11.2. The fourth-order valence-corrected chi connectivity index (χ4v) is 8.49. The number of benzene rings is 2. The minimum Gasteiger partial charge on any atom is -0.370 e. The van der Waals surface area contributed by atoms with Gasteiger partial charge in [0.25, 0.3) is 0 Å². The molecular weight excluding hydrogens is 524 g/mol. The summed E-state index contributed by atoms with van der Waals surface area (Å²) in [5.74, 6) is -0.454. The van der Waals surface area contributed by atoms with Crippen molar-refractivity contribution in [3.8, 4) is 0 Å². The highest BCUT2D eigenvalue weighted by Gasteiger charge is 2.38. The lowest BCUT2D eigenvalue weighted by Gasteiger charge is -2.34. The monoisotopic (exact) mass is 562 g/mol. The van der Waals surface area contributed by atoms with E-state index in [0.717, 1.165) is 25.7 Å². The number of hydrogen-bond donors (Lipinski definition) is 1. The van der Waals surface area contributed by atoms with E-state index < -0.39 is 32.0 Å². The van der Waals surface area contributed by atoms with Gasteiger partial charge in [-0.1, -0.05) is 31.0 Å². The largest absolute Gasteiger partial charge is 0.370 e. The molecule has 1 amide bonds. The summed E-state index contributed by atoms with van der Waals surface area (Å²) in [6.07, 6.45) is 4.46. The van der Waals surface area contributed by atoms with Crippen LogP contribution in [-0.4, -0.2) is 70.1 Å². The molecule has 1 atom stereocenters. The number of carbonyl (C=O) groups is 1. The lowest BCUT2D eigenvalue weighted by atomic mass is 10.0. The Hall–Kier alpha value is -2.47. The maximum atomic E-state index is 13.7. The Labute approximate surface area is 226 Å². The standard InChI is InChI=1S/C27H38N4O5S2/c1-3-29(4-2)25-17-16-23(37(33,34)30-18-10-6-11-19-30)21-24(25)28-27(32)26-15-9-12-20-31(26)38(35,36)22-13-7-5-8-14-22/h5,7-8,13-14,16-17,21,26H,3-4,6,9-12,15,18-20H2,1-2H3,(H,28,32)/t26-/m0/s1. The van der Waals surface area contributed by atoms with Gasteiger partial charge in [0.15, 0.2) is 0 Å². The zero-order valence-corrected chi connectivity index (χ0v) is 23.8. The molecule has 2 fully saturated rings. The molecule has 11 heteroatoms. The third kappa shape index (κ3) is 5.90. The Morgan fingerprint density at radius 1 is 0.842 bits per heavy atom. The molecule has 9 nitrogen and oxygen atoms in total. The van der Waals surface area contributed by atoms with Crippen molar-refractivity contribution in [2.75, 3.05) is 42.9 Å². The summed E-state index contributed by atoms with van der Waals surface area (Å²) < 4.78 is 56.5. The molecule has 0 radical (unpaired) electrons. The highest BCUT2D eigenvalue weighted by atomic mass is 32.2. The molecule has 0 spiro atoms. The van der Waals surface area contributed by atoms with Crippen LogP contribution in [0.1, 0.15) is 52.4 Å². The topological polar surface area (TPSA) is 107 Å². The molecule has 2 aliphatic heterocycles. The predicted molar refractivity (Wildman–Crippen MR) is 149 cm³/mol. The second-order valence-corrected chi connectivity index (χ2v) is 13.6. The van der Waals surface area contributed by atoms with Crippen molar-refractivity contribution in [2.24, 2.45) is 0 Å². The number of carbonyl (C=O) groups excluding carboxylic acids is 1. The lowest BCUT2D eigenvalue weighted by molar-refractivity contribution is -0.120. The molecule has 38 heavy (non-hydrogen) atoms. The maximum absolute atomic E-state index is 13.7. The van der Waals surface area contributed by atoms with Crippen molar-refractivity contribution in [1.29, 1.82) is 0 Å². The third-order valence-electron chi connectivity index (χ3n) is 7.39. The molecular formula is C27H38N4O5S2. The number of hydrogen-bond acceptors (Lipinski definition) is 6. The van der Waals surface area contributed by atoms with Gasteiger partial charge >= 0.3 is 0 Å². The molecule has 1 N–H and O–H groups in total. The first kappa shape index (κ1) is 28.5. The van der Waals surface area contributed by atoms with Crippen LogP contribution in [0.3, 0.4) is 0 Å². The van der Waals surface area contributed by atoms with Crippen LogP contribution in [0.25, 0.3) is 0 Å². The van der Waals surface area contributed by atoms with Gasteiger partial charge in [-0.05, 0) is 69.9 Å². The fraction of sp³-hybridized carbons (Fsp3) is 0.519. The number of anilines is 2. The molecule has 0 bridgehead atoms. The number of piperidine rings is 2. The number of nitrogens with zero attached hydrogens (tertiary/aromatic N) is 3. The molecule has 0 aliphatic carbocycles. The van der Waals surface area contributed by atoms with E-state index in [-0.39, 0.29) is 16.3 Å². The molecule has 2 heterocycles. The quantitative estimate of drug-likeness (QED) is 0.497. The van der Waals surface area contributed by atoms with Gasteiger partial charge in [-0.3, -0.25) is 4.79 Å². The molecule has 208 valence electrons. The van der Waals surface area contributed by atoms with Gasteiger partial charge in [0.2, 0.25) is 26.0 Å². The Morgan fingerprint density at radius 3 is 2.16 bits per heavy atom. The van der Waals surface area contributed by atoms with Crippen molar-refractivity contribution in [2.45, 2.75) is 68.2 Å². The molecule has 4 rings (SSSR count). The molecule has 2 aromatic rings. The summed E-state index contributed by atoms with van der Waals surface area (Å²) in [7, 11) is -7.58. The van der Waals surface area contributed by atoms with Crippen molar-refractivity contribution >= 4 is 37.3 Å². The van der Waals surface area contributed by atoms with E-state index >= 15 is 0 Å². The number of nitrogens with one attached hydrogen (secondary N) is 1. The predicted octanol–water partition coefficient (Wildman–Crippen LogP) is 3.89. The normalized spacial score (nSPS) is 19.7. The first-order valence-electron chi connectivity index (χ1n) is 13.5. The molecule has 2 aliphatic rings. The van der Waals surface area contributed by atoms with Crippen molar-refractivity contribution in [3.05, 3.63) is 48.5 Å². The van der Waals surface area contributed by atoms with Crippen LogP contribution in [0.4, 0.5) is 11.4 Å². The number of rotatable bonds is 9. The van der Waals surface area contributed by atoms with Crippen LogP contribution in [-0.2, 0) is 24.8 Å². The van der Waals surface area contributed by atoms with E-state index in [1.165, 1.54) is 26.8 Å². The van der Waals surface area contributed by atoms with E-state index in [4.69, 9.17) is 0 Å². The summed E-state index contributed by atoms with van der Waals surface area (Å²) in [4.78, 5) is 16.0. The van der Waals surface area contributed by atoms with Gasteiger partial charge in [-0.15, -0.1) is 0 Å². The van der Waals surface area contributed by atoms with Gasteiger partial charge in [0.05, 0.1) is 21.2 Å². The fourth-order valence-electron chi connectivity index (χ4n) is 5.27. The molecule has 0 saturated carbocycles. The second kappa shape index (κ2) is 12.1. The summed E-state index contributed by atoms with van der Waals surface area (Å²) >= 11 is 0. The summed E-state index contributed by atoms with van der Waals surface area (Å²) in [6, 6.07) is 12.1. The van der Waals surface area contributed by atoms with Gasteiger partial charge in [0, 0.05) is 32.7 Å². The van der Waals surface area contributed by atoms with Crippen molar-refractivity contribution < 1.29 is 21.6 Å². The van der Waals surface area contributed by atoms with Crippen LogP contribution in [0.2, 0.25) is 0 Å². The highest BCUT2D eigenvalue weighted by molar-refractivity contribution is 7.89. The van der Waals surface area contributed by atoms with E-state index in [2.05, 4.69) is 5.32 Å². The average molecular weight is 563 g/mol. The van der Waals surface area contributed by atoms with Crippen LogP contribution in [0.15, 0.2) is 58.3 Å². The van der Waals surface area contributed by atoms with Crippen LogP contribution in [0.5, 0.6) is 0 Å². The first-order valence-corrected chi connectivity index (χ1v) is 16.3. The average Bonchev–Trinajstić information content (AvgIpc) is 2.95. The zero-order valence-electron chi connectivity index (χ0n) is 22.2. The summed E-state index contributed by atoms with van der Waals surface area (Å²) in [6.45, 7) is 6.52. The minimum atomic E-state index is -3.87. The molecule has 2 aromatic carbocycles. The smallest absolute Gasteiger partial charge is 0.243 e. The Balaban J connectivity index is 1.68. The number of sulfonamides is 2. The van der Waals surface area contributed by atoms with Crippen LogP contribution < -0.4 is 10.2 Å². The van der Waals surface area contributed by atoms with Crippen LogP contribution >= 0.6 is 0 Å². The maximum Gasteiger partial charge on any atom is 0.243 e.